The van der Waals surface area contributed by atoms with Gasteiger partial charge in [0.25, 0.3) is 5.91 Å². The lowest BCUT2D eigenvalue weighted by Gasteiger charge is -2.11. The monoisotopic (exact) mass is 566 g/mol. The van der Waals surface area contributed by atoms with Gasteiger partial charge in [0.2, 0.25) is 5.88 Å². The zero-order chi connectivity index (χ0) is 28.1. The first kappa shape index (κ1) is 27.6. The molecule has 3 aromatic carbocycles. The number of hydrogen-bond donors (Lipinski definition) is 1. The van der Waals surface area contributed by atoms with E-state index >= 15 is 0 Å². The van der Waals surface area contributed by atoms with E-state index < -0.39 is 0 Å². The molecule has 2 heterocycles. The molecule has 5 rings (SSSR count). The number of ether oxygens (including phenoxy) is 1. The molecular weight excluding hydrogens is 537 g/mol. The van der Waals surface area contributed by atoms with Crippen molar-refractivity contribution in [1.29, 1.82) is 0 Å². The fourth-order valence-electron chi connectivity index (χ4n) is 4.32. The van der Waals surface area contributed by atoms with Gasteiger partial charge >= 0.3 is 0 Å². The minimum atomic E-state index is -0.177. The molecule has 0 saturated carbocycles. The number of carbonyl (C=O) groups excluding carboxylic acids is 1. The number of anilines is 1. The third-order valence-corrected chi connectivity index (χ3v) is 7.95. The SMILES string of the molecule is CCCOc1cnc(Sc2cc(C)c(-c3csc(NC(=O)c4ccc(-c5ccc(C)cc5)cc4)n3)c(C)c2)cn1. The number of benzene rings is 3. The molecule has 0 atom stereocenters. The topological polar surface area (TPSA) is 77.0 Å². The van der Waals surface area contributed by atoms with E-state index in [9.17, 15) is 4.79 Å². The van der Waals surface area contributed by atoms with Crippen LogP contribution in [0.3, 0.4) is 0 Å². The predicted octanol–water partition coefficient (Wildman–Crippen LogP) is 8.38. The summed E-state index contributed by atoms with van der Waals surface area (Å²) in [5, 5.41) is 6.32. The maximum Gasteiger partial charge on any atom is 0.257 e. The Balaban J connectivity index is 1.25. The first-order chi connectivity index (χ1) is 19.4. The van der Waals surface area contributed by atoms with Crippen molar-refractivity contribution < 1.29 is 9.53 Å². The summed E-state index contributed by atoms with van der Waals surface area (Å²) in [6, 6.07) is 20.2. The van der Waals surface area contributed by atoms with Gasteiger partial charge in [0.15, 0.2) is 5.13 Å². The van der Waals surface area contributed by atoms with Gasteiger partial charge in [0, 0.05) is 21.4 Å². The zero-order valence-electron chi connectivity index (χ0n) is 22.9. The second kappa shape index (κ2) is 12.4. The second-order valence-corrected chi connectivity index (χ2v) is 11.5. The molecule has 202 valence electrons. The van der Waals surface area contributed by atoms with Crippen molar-refractivity contribution in [1.82, 2.24) is 15.0 Å². The van der Waals surface area contributed by atoms with Gasteiger partial charge in [-0.3, -0.25) is 10.1 Å². The average molecular weight is 567 g/mol. The summed E-state index contributed by atoms with van der Waals surface area (Å²) in [6.45, 7) is 8.91. The van der Waals surface area contributed by atoms with E-state index in [-0.39, 0.29) is 5.91 Å². The molecule has 0 fully saturated rings. The molecule has 2 aromatic heterocycles. The van der Waals surface area contributed by atoms with Crippen molar-refractivity contribution >= 4 is 34.1 Å². The van der Waals surface area contributed by atoms with E-state index in [0.717, 1.165) is 49.9 Å². The highest BCUT2D eigenvalue weighted by Gasteiger charge is 2.15. The predicted molar refractivity (Wildman–Crippen MR) is 164 cm³/mol. The van der Waals surface area contributed by atoms with E-state index in [1.165, 1.54) is 16.9 Å². The number of amides is 1. The highest BCUT2D eigenvalue weighted by molar-refractivity contribution is 7.99. The Hall–Kier alpha value is -4.01. The normalized spacial score (nSPS) is 10.9. The highest BCUT2D eigenvalue weighted by Crippen LogP contribution is 2.35. The smallest absolute Gasteiger partial charge is 0.257 e. The maximum absolute atomic E-state index is 12.9. The van der Waals surface area contributed by atoms with Crippen molar-refractivity contribution in [3.8, 4) is 28.3 Å². The zero-order valence-corrected chi connectivity index (χ0v) is 24.5. The largest absolute Gasteiger partial charge is 0.477 e. The van der Waals surface area contributed by atoms with Gasteiger partial charge in [-0.25, -0.2) is 15.0 Å². The van der Waals surface area contributed by atoms with Gasteiger partial charge in [-0.15, -0.1) is 11.3 Å². The summed E-state index contributed by atoms with van der Waals surface area (Å²) in [5.74, 6) is 0.364. The van der Waals surface area contributed by atoms with Crippen molar-refractivity contribution in [3.05, 3.63) is 101 Å². The number of nitrogens with one attached hydrogen (secondary N) is 1. The molecular formula is C32H30N4O2S2. The molecule has 0 aliphatic heterocycles. The first-order valence-electron chi connectivity index (χ1n) is 13.1. The number of thiazole rings is 1. The third-order valence-electron chi connectivity index (χ3n) is 6.30. The van der Waals surface area contributed by atoms with Crippen LogP contribution >= 0.6 is 23.1 Å². The van der Waals surface area contributed by atoms with Gasteiger partial charge in [0.1, 0.15) is 5.03 Å². The molecule has 6 nitrogen and oxygen atoms in total. The van der Waals surface area contributed by atoms with Crippen LogP contribution in [0.1, 0.15) is 40.4 Å². The van der Waals surface area contributed by atoms with Gasteiger partial charge in [0.05, 0.1) is 24.7 Å². The lowest BCUT2D eigenvalue weighted by atomic mass is 10.0. The van der Waals surface area contributed by atoms with Crippen molar-refractivity contribution in [2.24, 2.45) is 0 Å². The standard InChI is InChI=1S/C32H30N4O2S2/c1-5-14-38-28-17-34-29(18-33-28)40-26-15-21(3)30(22(4)16-26)27-19-39-32(35-27)36-31(37)25-12-10-24(11-13-25)23-8-6-20(2)7-9-23/h6-13,15-19H,5,14H2,1-4H3,(H,35,36,37). The lowest BCUT2D eigenvalue weighted by molar-refractivity contribution is 0.102. The summed E-state index contributed by atoms with van der Waals surface area (Å²) in [7, 11) is 0. The molecule has 0 aliphatic rings. The van der Waals surface area contributed by atoms with E-state index in [0.29, 0.717) is 23.2 Å². The summed E-state index contributed by atoms with van der Waals surface area (Å²) < 4.78 is 5.52. The van der Waals surface area contributed by atoms with Gasteiger partial charge in [-0.1, -0.05) is 60.6 Å². The van der Waals surface area contributed by atoms with Crippen LogP contribution in [-0.2, 0) is 0 Å². The van der Waals surface area contributed by atoms with Crippen LogP contribution in [0.4, 0.5) is 5.13 Å². The molecule has 1 N–H and O–H groups in total. The Morgan fingerprint density at radius 3 is 2.23 bits per heavy atom. The minimum Gasteiger partial charge on any atom is -0.477 e. The molecule has 0 unspecified atom stereocenters. The third kappa shape index (κ3) is 6.58. The molecule has 0 bridgehead atoms. The van der Waals surface area contributed by atoms with Crippen LogP contribution in [-0.4, -0.2) is 27.5 Å². The highest BCUT2D eigenvalue weighted by atomic mass is 32.2. The van der Waals surface area contributed by atoms with Crippen molar-refractivity contribution in [2.45, 2.75) is 44.0 Å². The second-order valence-electron chi connectivity index (χ2n) is 9.51. The Kier molecular flexibility index (Phi) is 8.57. The molecule has 8 heteroatoms. The van der Waals surface area contributed by atoms with Crippen LogP contribution in [0.25, 0.3) is 22.4 Å². The fourth-order valence-corrected chi connectivity index (χ4v) is 5.94. The summed E-state index contributed by atoms with van der Waals surface area (Å²) >= 11 is 2.98. The van der Waals surface area contributed by atoms with Crippen LogP contribution in [0, 0.1) is 20.8 Å². The Morgan fingerprint density at radius 1 is 0.925 bits per heavy atom. The molecule has 1 amide bonds. The number of aromatic nitrogens is 3. The Labute approximate surface area is 242 Å². The van der Waals surface area contributed by atoms with Crippen LogP contribution in [0.2, 0.25) is 0 Å². The van der Waals surface area contributed by atoms with Crippen molar-refractivity contribution in [2.75, 3.05) is 11.9 Å². The van der Waals surface area contributed by atoms with Gasteiger partial charge in [-0.05, 0) is 73.7 Å². The fraction of sp³-hybridized carbons (Fsp3) is 0.188. The Morgan fingerprint density at radius 2 is 1.60 bits per heavy atom. The van der Waals surface area contributed by atoms with Crippen LogP contribution < -0.4 is 10.1 Å². The molecule has 0 radical (unpaired) electrons. The van der Waals surface area contributed by atoms with E-state index in [1.807, 2.05) is 29.6 Å². The summed E-state index contributed by atoms with van der Waals surface area (Å²) in [4.78, 5) is 27.5. The average Bonchev–Trinajstić information content (AvgIpc) is 3.40. The molecule has 5 aromatic rings. The Bertz CT molecular complexity index is 1590. The minimum absolute atomic E-state index is 0.177. The number of rotatable bonds is 9. The molecule has 40 heavy (non-hydrogen) atoms. The maximum atomic E-state index is 12.9. The lowest BCUT2D eigenvalue weighted by Crippen LogP contribution is -2.11. The number of carbonyl (C=O) groups is 1. The number of nitrogens with zero attached hydrogens (tertiary/aromatic N) is 3. The van der Waals surface area contributed by atoms with E-state index in [2.05, 4.69) is 79.4 Å². The van der Waals surface area contributed by atoms with Crippen LogP contribution in [0.5, 0.6) is 5.88 Å². The quantitative estimate of drug-likeness (QED) is 0.193. The summed E-state index contributed by atoms with van der Waals surface area (Å²) in [6.07, 6.45) is 4.33. The first-order valence-corrected chi connectivity index (χ1v) is 14.8. The van der Waals surface area contributed by atoms with Crippen LogP contribution in [0.15, 0.2) is 88.4 Å². The van der Waals surface area contributed by atoms with E-state index in [4.69, 9.17) is 9.72 Å². The van der Waals surface area contributed by atoms with Gasteiger partial charge in [-0.2, -0.15) is 0 Å². The van der Waals surface area contributed by atoms with E-state index in [1.54, 1.807) is 24.2 Å². The van der Waals surface area contributed by atoms with Gasteiger partial charge < -0.3 is 4.74 Å². The number of hydrogen-bond acceptors (Lipinski definition) is 7. The van der Waals surface area contributed by atoms with Crippen molar-refractivity contribution in [3.63, 3.8) is 0 Å². The summed E-state index contributed by atoms with van der Waals surface area (Å²) in [5.41, 5.74) is 8.13. The number of aryl methyl sites for hydroxylation is 3. The molecule has 0 saturated heterocycles. The molecule has 0 spiro atoms. The molecule has 0 aliphatic carbocycles.